The van der Waals surface area contributed by atoms with Crippen molar-refractivity contribution in [2.75, 3.05) is 25.0 Å². The van der Waals surface area contributed by atoms with Crippen LogP contribution in [0.4, 0.5) is 23.7 Å². The van der Waals surface area contributed by atoms with E-state index in [1.807, 2.05) is 12.1 Å². The number of urea groups is 1. The SMILES string of the molecule is O=C(NCCc1cccc2c1NCCC2)NCC(F)(F)F. The molecule has 0 bridgehead atoms. The second-order valence-electron chi connectivity index (χ2n) is 4.96. The summed E-state index contributed by atoms with van der Waals surface area (Å²) in [5.74, 6) is 0. The molecule has 1 aliphatic rings. The van der Waals surface area contributed by atoms with E-state index in [-0.39, 0.29) is 0 Å². The molecule has 7 heteroatoms. The van der Waals surface area contributed by atoms with Gasteiger partial charge in [0.15, 0.2) is 0 Å². The lowest BCUT2D eigenvalue weighted by Crippen LogP contribution is -2.41. The number of benzene rings is 1. The highest BCUT2D eigenvalue weighted by molar-refractivity contribution is 5.73. The first-order valence-electron chi connectivity index (χ1n) is 6.89. The summed E-state index contributed by atoms with van der Waals surface area (Å²) in [6.07, 6.45) is -1.69. The number of hydrogen-bond donors (Lipinski definition) is 3. The zero-order valence-electron chi connectivity index (χ0n) is 11.5. The zero-order valence-corrected chi connectivity index (χ0v) is 11.5. The van der Waals surface area contributed by atoms with Crippen molar-refractivity contribution in [1.82, 2.24) is 10.6 Å². The number of aryl methyl sites for hydroxylation is 1. The second kappa shape index (κ2) is 6.69. The predicted molar refractivity (Wildman–Crippen MR) is 74.4 cm³/mol. The monoisotopic (exact) mass is 301 g/mol. The summed E-state index contributed by atoms with van der Waals surface area (Å²) in [7, 11) is 0. The van der Waals surface area contributed by atoms with E-state index >= 15 is 0 Å². The van der Waals surface area contributed by atoms with Gasteiger partial charge in [0.25, 0.3) is 0 Å². The molecule has 21 heavy (non-hydrogen) atoms. The summed E-state index contributed by atoms with van der Waals surface area (Å²) in [5.41, 5.74) is 3.42. The maximum absolute atomic E-state index is 11.9. The number of hydrogen-bond acceptors (Lipinski definition) is 2. The molecule has 0 saturated carbocycles. The van der Waals surface area contributed by atoms with Crippen molar-refractivity contribution in [3.05, 3.63) is 29.3 Å². The standard InChI is InChI=1S/C14H18F3N3O/c15-14(16,17)9-20-13(21)19-8-6-11-4-1-3-10-5-2-7-18-12(10)11/h1,3-4,18H,2,5-9H2,(H2,19,20,21). The van der Waals surface area contributed by atoms with Gasteiger partial charge in [-0.25, -0.2) is 4.79 Å². The molecule has 1 heterocycles. The fourth-order valence-electron chi connectivity index (χ4n) is 2.34. The highest BCUT2D eigenvalue weighted by Gasteiger charge is 2.27. The lowest BCUT2D eigenvalue weighted by molar-refractivity contribution is -0.122. The van der Waals surface area contributed by atoms with Gasteiger partial charge in [-0.3, -0.25) is 0 Å². The number of alkyl halides is 3. The highest BCUT2D eigenvalue weighted by atomic mass is 19.4. The lowest BCUT2D eigenvalue weighted by atomic mass is 9.98. The minimum absolute atomic E-state index is 0.293. The Balaban J connectivity index is 1.80. The number of carbonyl (C=O) groups excluding carboxylic acids is 1. The van der Waals surface area contributed by atoms with E-state index in [2.05, 4.69) is 16.7 Å². The van der Waals surface area contributed by atoms with Crippen LogP contribution in [-0.2, 0) is 12.8 Å². The number of halogens is 3. The lowest BCUT2D eigenvalue weighted by Gasteiger charge is -2.21. The Hall–Kier alpha value is -1.92. The number of nitrogens with one attached hydrogen (secondary N) is 3. The Morgan fingerprint density at radius 3 is 2.86 bits per heavy atom. The maximum atomic E-state index is 11.9. The smallest absolute Gasteiger partial charge is 0.385 e. The van der Waals surface area contributed by atoms with Crippen molar-refractivity contribution in [1.29, 1.82) is 0 Å². The Morgan fingerprint density at radius 2 is 2.10 bits per heavy atom. The Labute approximate surface area is 121 Å². The van der Waals surface area contributed by atoms with Crippen LogP contribution in [0.15, 0.2) is 18.2 Å². The van der Waals surface area contributed by atoms with Crippen molar-refractivity contribution in [3.8, 4) is 0 Å². The topological polar surface area (TPSA) is 53.2 Å². The molecule has 1 aromatic rings. The van der Waals surface area contributed by atoms with Crippen LogP contribution in [0.1, 0.15) is 17.5 Å². The highest BCUT2D eigenvalue weighted by Crippen LogP contribution is 2.26. The van der Waals surface area contributed by atoms with Gasteiger partial charge < -0.3 is 16.0 Å². The van der Waals surface area contributed by atoms with Crippen LogP contribution in [-0.4, -0.2) is 31.8 Å². The molecule has 1 aliphatic heterocycles. The first-order valence-corrected chi connectivity index (χ1v) is 6.89. The Bertz CT molecular complexity index is 503. The van der Waals surface area contributed by atoms with E-state index in [0.717, 1.165) is 30.6 Å². The van der Waals surface area contributed by atoms with E-state index in [9.17, 15) is 18.0 Å². The van der Waals surface area contributed by atoms with Gasteiger partial charge in [0, 0.05) is 18.8 Å². The normalized spacial score (nSPS) is 14.0. The van der Waals surface area contributed by atoms with Crippen molar-refractivity contribution in [3.63, 3.8) is 0 Å². The molecule has 1 aromatic carbocycles. The van der Waals surface area contributed by atoms with Crippen LogP contribution >= 0.6 is 0 Å². The van der Waals surface area contributed by atoms with E-state index in [4.69, 9.17) is 0 Å². The number of carbonyl (C=O) groups is 1. The van der Waals surface area contributed by atoms with Crippen LogP contribution in [0.25, 0.3) is 0 Å². The van der Waals surface area contributed by atoms with E-state index in [1.165, 1.54) is 5.56 Å². The van der Waals surface area contributed by atoms with Gasteiger partial charge in [0.1, 0.15) is 6.54 Å². The molecule has 0 aliphatic carbocycles. The molecule has 0 atom stereocenters. The molecular formula is C14H18F3N3O. The fraction of sp³-hybridized carbons (Fsp3) is 0.500. The number of rotatable bonds is 4. The Kier molecular flexibility index (Phi) is 4.93. The fourth-order valence-corrected chi connectivity index (χ4v) is 2.34. The predicted octanol–water partition coefficient (Wildman–Crippen LogP) is 2.45. The van der Waals surface area contributed by atoms with Gasteiger partial charge in [-0.15, -0.1) is 0 Å². The molecule has 3 N–H and O–H groups in total. The average Bonchev–Trinajstić information content (AvgIpc) is 2.45. The molecular weight excluding hydrogens is 283 g/mol. The minimum Gasteiger partial charge on any atom is -0.385 e. The molecule has 4 nitrogen and oxygen atoms in total. The van der Waals surface area contributed by atoms with Crippen LogP contribution in [0.5, 0.6) is 0 Å². The first kappa shape index (κ1) is 15.5. The molecule has 2 rings (SSSR count). The molecule has 0 radical (unpaired) electrons. The molecule has 2 amide bonds. The van der Waals surface area contributed by atoms with Crippen LogP contribution in [0, 0.1) is 0 Å². The van der Waals surface area contributed by atoms with Gasteiger partial charge in [0.2, 0.25) is 0 Å². The largest absolute Gasteiger partial charge is 0.405 e. The van der Waals surface area contributed by atoms with Crippen LogP contribution < -0.4 is 16.0 Å². The van der Waals surface area contributed by atoms with Crippen molar-refractivity contribution in [2.45, 2.75) is 25.4 Å². The summed E-state index contributed by atoms with van der Waals surface area (Å²) in [4.78, 5) is 11.2. The Morgan fingerprint density at radius 1 is 1.29 bits per heavy atom. The van der Waals surface area contributed by atoms with Crippen LogP contribution in [0.3, 0.4) is 0 Å². The van der Waals surface area contributed by atoms with E-state index in [0.29, 0.717) is 13.0 Å². The summed E-state index contributed by atoms with van der Waals surface area (Å²) in [6, 6.07) is 5.19. The number of amides is 2. The third-order valence-corrected chi connectivity index (χ3v) is 3.29. The summed E-state index contributed by atoms with van der Waals surface area (Å²) in [6.45, 7) is -0.105. The van der Waals surface area contributed by atoms with Gasteiger partial charge in [-0.2, -0.15) is 13.2 Å². The molecule has 0 fully saturated rings. The molecule has 0 saturated heterocycles. The third-order valence-electron chi connectivity index (χ3n) is 3.29. The van der Waals surface area contributed by atoms with Crippen molar-refractivity contribution >= 4 is 11.7 Å². The van der Waals surface area contributed by atoms with E-state index < -0.39 is 18.8 Å². The van der Waals surface area contributed by atoms with Gasteiger partial charge >= 0.3 is 12.2 Å². The second-order valence-corrected chi connectivity index (χ2v) is 4.96. The summed E-state index contributed by atoms with van der Waals surface area (Å²) in [5, 5.41) is 7.55. The number of anilines is 1. The molecule has 0 aromatic heterocycles. The van der Waals surface area contributed by atoms with Crippen molar-refractivity contribution < 1.29 is 18.0 Å². The van der Waals surface area contributed by atoms with Crippen LogP contribution in [0.2, 0.25) is 0 Å². The third kappa shape index (κ3) is 4.84. The molecule has 0 unspecified atom stereocenters. The first-order chi connectivity index (χ1) is 9.96. The molecule has 0 spiro atoms. The van der Waals surface area contributed by atoms with Gasteiger partial charge in [0.05, 0.1) is 0 Å². The zero-order chi connectivity index (χ0) is 15.3. The summed E-state index contributed by atoms with van der Waals surface area (Å²) < 4.78 is 35.8. The number of para-hydroxylation sites is 1. The van der Waals surface area contributed by atoms with Crippen molar-refractivity contribution in [2.24, 2.45) is 0 Å². The van der Waals surface area contributed by atoms with E-state index in [1.54, 1.807) is 5.32 Å². The maximum Gasteiger partial charge on any atom is 0.405 e. The number of fused-ring (bicyclic) bond motifs is 1. The van der Waals surface area contributed by atoms with Gasteiger partial charge in [-0.05, 0) is 30.4 Å². The van der Waals surface area contributed by atoms with Gasteiger partial charge in [-0.1, -0.05) is 18.2 Å². The summed E-state index contributed by atoms with van der Waals surface area (Å²) >= 11 is 0. The minimum atomic E-state index is -4.39. The molecule has 116 valence electrons. The average molecular weight is 301 g/mol. The quantitative estimate of drug-likeness (QED) is 0.800.